The van der Waals surface area contributed by atoms with E-state index in [4.69, 9.17) is 4.74 Å². The summed E-state index contributed by atoms with van der Waals surface area (Å²) in [6.45, 7) is 11.4. The normalized spacial score (nSPS) is 22.5. The van der Waals surface area contributed by atoms with Crippen LogP contribution in [0.2, 0.25) is 0 Å². The molecule has 0 aromatic heterocycles. The number of carbonyl (C=O) groups excluding carboxylic acids is 2. The van der Waals surface area contributed by atoms with Crippen LogP contribution < -0.4 is 15.1 Å². The van der Waals surface area contributed by atoms with Gasteiger partial charge in [0.25, 0.3) is 0 Å². The number of anilines is 2. The first-order chi connectivity index (χ1) is 15.9. The largest absolute Gasteiger partial charge is 0.444 e. The average Bonchev–Trinajstić information content (AvgIpc) is 3.18. The molecule has 0 aliphatic carbocycles. The number of amides is 2. The first kappa shape index (κ1) is 26.3. The highest BCUT2D eigenvalue weighted by Crippen LogP contribution is 2.41. The lowest BCUT2D eigenvalue weighted by Gasteiger charge is -2.26. The van der Waals surface area contributed by atoms with Crippen LogP contribution in [0.25, 0.3) is 0 Å². The van der Waals surface area contributed by atoms with Crippen LogP contribution >= 0.6 is 11.8 Å². The number of sulfone groups is 1. The van der Waals surface area contributed by atoms with E-state index in [-0.39, 0.29) is 41.7 Å². The molecule has 2 amide bonds. The zero-order valence-corrected chi connectivity index (χ0v) is 22.0. The van der Waals surface area contributed by atoms with Crippen molar-refractivity contribution >= 4 is 50.1 Å². The Hall–Kier alpha value is -2.27. The van der Waals surface area contributed by atoms with Gasteiger partial charge in [0.15, 0.2) is 15.0 Å². The number of hydrogen-bond donors (Lipinski definition) is 1. The van der Waals surface area contributed by atoms with Gasteiger partial charge < -0.3 is 19.9 Å². The lowest BCUT2D eigenvalue weighted by Crippen LogP contribution is -2.38. The summed E-state index contributed by atoms with van der Waals surface area (Å²) < 4.78 is 29.7. The summed E-state index contributed by atoms with van der Waals surface area (Å²) in [5.74, 6) is -0.272. The second-order valence-electron chi connectivity index (χ2n) is 9.33. The number of nitrogens with one attached hydrogen (secondary N) is 1. The van der Waals surface area contributed by atoms with Gasteiger partial charge in [-0.1, -0.05) is 11.8 Å². The van der Waals surface area contributed by atoms with Crippen molar-refractivity contribution in [2.75, 3.05) is 40.9 Å². The number of amidine groups is 1. The predicted octanol–water partition coefficient (Wildman–Crippen LogP) is 3.05. The molecule has 1 aromatic carbocycles. The molecule has 0 spiro atoms. The van der Waals surface area contributed by atoms with Gasteiger partial charge in [0.1, 0.15) is 5.60 Å². The van der Waals surface area contributed by atoms with Crippen LogP contribution in [0.3, 0.4) is 0 Å². The Morgan fingerprint density at radius 2 is 1.82 bits per heavy atom. The van der Waals surface area contributed by atoms with Crippen LogP contribution in [0, 0.1) is 0 Å². The number of ether oxygens (including phenoxy) is 1. The summed E-state index contributed by atoms with van der Waals surface area (Å²) in [6.07, 6.45) is -0.566. The van der Waals surface area contributed by atoms with Gasteiger partial charge in [-0.2, -0.15) is 4.99 Å². The number of aliphatic imine (C=N–C) groups is 1. The third-order valence-electron chi connectivity index (χ3n) is 5.55. The molecule has 1 aromatic rings. The van der Waals surface area contributed by atoms with Crippen molar-refractivity contribution in [3.63, 3.8) is 0 Å². The Labute approximate surface area is 206 Å². The van der Waals surface area contributed by atoms with Crippen LogP contribution in [0.15, 0.2) is 29.3 Å². The minimum Gasteiger partial charge on any atom is -0.444 e. The molecule has 3 rings (SSSR count). The smallest absolute Gasteiger partial charge is 0.407 e. The Bertz CT molecular complexity index is 1030. The lowest BCUT2D eigenvalue weighted by molar-refractivity contribution is -0.117. The van der Waals surface area contributed by atoms with Crippen LogP contribution in [-0.4, -0.2) is 73.6 Å². The molecular formula is C23H34N4O5S2. The third-order valence-corrected chi connectivity index (χ3v) is 8.76. The second kappa shape index (κ2) is 10.6. The van der Waals surface area contributed by atoms with Gasteiger partial charge in [0.05, 0.1) is 17.5 Å². The Balaban J connectivity index is 1.74. The molecule has 0 bridgehead atoms. The van der Waals surface area contributed by atoms with Crippen molar-refractivity contribution in [3.05, 3.63) is 24.3 Å². The fourth-order valence-corrected chi connectivity index (χ4v) is 7.96. The summed E-state index contributed by atoms with van der Waals surface area (Å²) in [6, 6.07) is 7.65. The number of benzene rings is 1. The minimum absolute atomic E-state index is 0.0195. The van der Waals surface area contributed by atoms with E-state index in [0.29, 0.717) is 5.17 Å². The van der Waals surface area contributed by atoms with Gasteiger partial charge in [-0.15, -0.1) is 0 Å². The van der Waals surface area contributed by atoms with Crippen molar-refractivity contribution in [3.8, 4) is 0 Å². The van der Waals surface area contributed by atoms with E-state index in [1.807, 2.05) is 29.2 Å². The van der Waals surface area contributed by atoms with Crippen LogP contribution in [0.4, 0.5) is 16.2 Å². The van der Waals surface area contributed by atoms with E-state index in [1.165, 1.54) is 11.8 Å². The molecule has 188 valence electrons. The molecule has 0 unspecified atom stereocenters. The van der Waals surface area contributed by atoms with Gasteiger partial charge in [0.2, 0.25) is 5.91 Å². The summed E-state index contributed by atoms with van der Waals surface area (Å²) in [4.78, 5) is 32.7. The van der Waals surface area contributed by atoms with Crippen molar-refractivity contribution in [2.45, 2.75) is 57.9 Å². The van der Waals surface area contributed by atoms with Crippen molar-refractivity contribution < 1.29 is 22.7 Å². The first-order valence-electron chi connectivity index (χ1n) is 11.5. The summed E-state index contributed by atoms with van der Waals surface area (Å²) in [7, 11) is -3.14. The van der Waals surface area contributed by atoms with Gasteiger partial charge in [-0.25, -0.2) is 13.2 Å². The molecule has 0 saturated carbocycles. The molecule has 2 fully saturated rings. The van der Waals surface area contributed by atoms with E-state index >= 15 is 0 Å². The van der Waals surface area contributed by atoms with Crippen LogP contribution in [0.5, 0.6) is 0 Å². The Morgan fingerprint density at radius 1 is 1.18 bits per heavy atom. The lowest BCUT2D eigenvalue weighted by atomic mass is 10.2. The minimum atomic E-state index is -3.14. The quantitative estimate of drug-likeness (QED) is 0.596. The highest BCUT2D eigenvalue weighted by Gasteiger charge is 2.49. The first-order valence-corrected chi connectivity index (χ1v) is 14.2. The standard InChI is InChI=1S/C23H34N4O5S2/c1-6-26(7-2)16-8-10-17(11-9-16)27-18-14-34(30,31)15-19(18)33-21(27)25-20(28)12-13-24-22(29)32-23(3,4)5/h8-11,18-19H,6-7,12-15H2,1-5H3,(H,24,29)/t18-,19+/m0/s1. The number of hydrogen-bond acceptors (Lipinski definition) is 7. The van der Waals surface area contributed by atoms with Crippen molar-refractivity contribution in [1.29, 1.82) is 0 Å². The van der Waals surface area contributed by atoms with Gasteiger partial charge in [0, 0.05) is 42.7 Å². The molecule has 1 N–H and O–H groups in total. The van der Waals surface area contributed by atoms with Crippen LogP contribution in [-0.2, 0) is 19.4 Å². The van der Waals surface area contributed by atoms with E-state index in [9.17, 15) is 18.0 Å². The molecule has 2 aliphatic rings. The molecule has 34 heavy (non-hydrogen) atoms. The number of rotatable bonds is 7. The highest BCUT2D eigenvalue weighted by atomic mass is 32.2. The van der Waals surface area contributed by atoms with E-state index in [1.54, 1.807) is 20.8 Å². The van der Waals surface area contributed by atoms with Gasteiger partial charge in [-0.3, -0.25) is 4.79 Å². The molecule has 2 atom stereocenters. The predicted molar refractivity (Wildman–Crippen MR) is 138 cm³/mol. The SMILES string of the molecule is CCN(CC)c1ccc(N2C(=NC(=O)CCNC(=O)OC(C)(C)C)S[C@@H]3CS(=O)(=O)C[C@@H]32)cc1. The Morgan fingerprint density at radius 3 is 2.41 bits per heavy atom. The summed E-state index contributed by atoms with van der Waals surface area (Å²) in [5.41, 5.74) is 1.28. The molecule has 9 nitrogen and oxygen atoms in total. The molecule has 0 radical (unpaired) electrons. The maximum Gasteiger partial charge on any atom is 0.407 e. The monoisotopic (exact) mass is 510 g/mol. The molecule has 11 heteroatoms. The topological polar surface area (TPSA) is 108 Å². The van der Waals surface area contributed by atoms with Crippen molar-refractivity contribution in [1.82, 2.24) is 5.32 Å². The molecular weight excluding hydrogens is 476 g/mol. The average molecular weight is 511 g/mol. The fraction of sp³-hybridized carbons (Fsp3) is 0.609. The van der Waals surface area contributed by atoms with Crippen LogP contribution in [0.1, 0.15) is 41.0 Å². The number of fused-ring (bicyclic) bond motifs is 1. The zero-order valence-electron chi connectivity index (χ0n) is 20.4. The number of nitrogens with zero attached hydrogens (tertiary/aromatic N) is 3. The number of alkyl carbamates (subject to hydrolysis) is 1. The Kier molecular flexibility index (Phi) is 8.18. The fourth-order valence-electron chi connectivity index (χ4n) is 4.03. The number of carbonyl (C=O) groups is 2. The van der Waals surface area contributed by atoms with E-state index < -0.39 is 21.5 Å². The maximum atomic E-state index is 12.6. The van der Waals surface area contributed by atoms with E-state index in [0.717, 1.165) is 24.5 Å². The van der Waals surface area contributed by atoms with E-state index in [2.05, 4.69) is 29.1 Å². The van der Waals surface area contributed by atoms with Gasteiger partial charge in [-0.05, 0) is 58.9 Å². The van der Waals surface area contributed by atoms with Gasteiger partial charge >= 0.3 is 6.09 Å². The highest BCUT2D eigenvalue weighted by molar-refractivity contribution is 8.16. The maximum absolute atomic E-state index is 12.6. The molecule has 2 heterocycles. The third kappa shape index (κ3) is 6.65. The summed E-state index contributed by atoms with van der Waals surface area (Å²) in [5, 5.41) is 2.90. The second-order valence-corrected chi connectivity index (χ2v) is 12.7. The number of thioether (sulfide) groups is 1. The zero-order chi connectivity index (χ0) is 25.1. The summed E-state index contributed by atoms with van der Waals surface area (Å²) >= 11 is 1.34. The van der Waals surface area contributed by atoms with Crippen molar-refractivity contribution in [2.24, 2.45) is 4.99 Å². The molecule has 2 aliphatic heterocycles. The molecule has 2 saturated heterocycles.